The van der Waals surface area contributed by atoms with Crippen molar-refractivity contribution in [3.8, 4) is 23.0 Å². The molecule has 0 aliphatic heterocycles. The zero-order chi connectivity index (χ0) is 22.1. The number of anilines is 1. The van der Waals surface area contributed by atoms with E-state index in [1.54, 1.807) is 63.2 Å². The van der Waals surface area contributed by atoms with Crippen molar-refractivity contribution >= 4 is 11.8 Å². The fraction of sp³-hybridized carbons (Fsp3) is 0.409. The maximum absolute atomic E-state index is 12.0. The molecule has 2 N–H and O–H groups in total. The highest BCUT2D eigenvalue weighted by Crippen LogP contribution is 2.36. The van der Waals surface area contributed by atoms with E-state index in [1.807, 2.05) is 0 Å². The van der Waals surface area contributed by atoms with Crippen LogP contribution in [-0.4, -0.2) is 50.3 Å². The number of para-hydroxylation sites is 3. The van der Waals surface area contributed by atoms with Gasteiger partial charge in [-0.25, -0.2) is 4.79 Å². The van der Waals surface area contributed by atoms with Gasteiger partial charge in [0, 0.05) is 0 Å². The van der Waals surface area contributed by atoms with Gasteiger partial charge in [0.25, 0.3) is 0 Å². The van der Waals surface area contributed by atoms with E-state index in [4.69, 9.17) is 23.7 Å². The number of aliphatic hydroxyl groups excluding tert-OH is 1. The molecule has 1 amide bonds. The Morgan fingerprint density at radius 3 is 2.10 bits per heavy atom. The number of rotatable bonds is 9. The van der Waals surface area contributed by atoms with E-state index in [1.165, 1.54) is 14.2 Å². The van der Waals surface area contributed by atoms with Gasteiger partial charge in [-0.15, -0.1) is 0 Å². The predicted octanol–water partition coefficient (Wildman–Crippen LogP) is 3.87. The molecule has 0 bridgehead atoms. The van der Waals surface area contributed by atoms with Crippen LogP contribution in [0.3, 0.4) is 0 Å². The smallest absolute Gasteiger partial charge is 0.412 e. The third-order valence-corrected chi connectivity index (χ3v) is 3.76. The lowest BCUT2D eigenvalue weighted by molar-refractivity contribution is 0.0601. The van der Waals surface area contributed by atoms with E-state index in [2.05, 4.69) is 5.32 Å². The van der Waals surface area contributed by atoms with Crippen molar-refractivity contribution in [1.29, 1.82) is 0 Å². The van der Waals surface area contributed by atoms with E-state index in [9.17, 15) is 9.90 Å². The van der Waals surface area contributed by atoms with Gasteiger partial charge in [-0.2, -0.15) is 0 Å². The normalized spacial score (nSPS) is 11.9. The molecule has 0 spiro atoms. The number of nitrogens with one attached hydrogen (secondary N) is 1. The van der Waals surface area contributed by atoms with Crippen LogP contribution in [0.4, 0.5) is 10.5 Å². The van der Waals surface area contributed by atoms with Crippen LogP contribution in [0.1, 0.15) is 20.8 Å². The van der Waals surface area contributed by atoms with Crippen LogP contribution in [-0.2, 0) is 4.74 Å². The van der Waals surface area contributed by atoms with E-state index in [0.29, 0.717) is 28.7 Å². The SMILES string of the molecule is COc1cccc(OC)c1OC[C@H](O)COc1ccccc1NC(=O)OC(C)(C)C. The summed E-state index contributed by atoms with van der Waals surface area (Å²) in [4.78, 5) is 12.0. The first-order valence-corrected chi connectivity index (χ1v) is 9.47. The van der Waals surface area contributed by atoms with Crippen LogP contribution >= 0.6 is 0 Å². The highest BCUT2D eigenvalue weighted by atomic mass is 16.6. The number of hydrogen-bond acceptors (Lipinski definition) is 7. The maximum atomic E-state index is 12.0. The highest BCUT2D eigenvalue weighted by Gasteiger charge is 2.18. The molecule has 0 aliphatic carbocycles. The van der Waals surface area contributed by atoms with Crippen molar-refractivity contribution in [2.45, 2.75) is 32.5 Å². The van der Waals surface area contributed by atoms with Crippen LogP contribution in [0.15, 0.2) is 42.5 Å². The minimum Gasteiger partial charge on any atom is -0.493 e. The minimum absolute atomic E-state index is 0.0433. The first kappa shape index (κ1) is 23.2. The molecular weight excluding hydrogens is 390 g/mol. The Morgan fingerprint density at radius 1 is 0.933 bits per heavy atom. The van der Waals surface area contributed by atoms with Crippen LogP contribution < -0.4 is 24.3 Å². The Balaban J connectivity index is 1.94. The second kappa shape index (κ2) is 10.6. The second-order valence-corrected chi connectivity index (χ2v) is 7.39. The molecule has 2 aromatic carbocycles. The molecule has 0 aliphatic rings. The number of benzene rings is 2. The van der Waals surface area contributed by atoms with E-state index in [-0.39, 0.29) is 13.2 Å². The first-order valence-electron chi connectivity index (χ1n) is 9.47. The fourth-order valence-electron chi connectivity index (χ4n) is 2.48. The lowest BCUT2D eigenvalue weighted by Gasteiger charge is -2.21. The zero-order valence-electron chi connectivity index (χ0n) is 17.9. The van der Waals surface area contributed by atoms with Gasteiger partial charge in [-0.1, -0.05) is 18.2 Å². The van der Waals surface area contributed by atoms with Crippen LogP contribution in [0.25, 0.3) is 0 Å². The molecule has 8 heteroatoms. The standard InChI is InChI=1S/C22H29NO7/c1-22(2,3)30-21(25)23-16-9-6-7-10-17(16)28-13-15(24)14-29-20-18(26-4)11-8-12-19(20)27-5/h6-12,15,24H,13-14H2,1-5H3,(H,23,25)/t15-/m1/s1. The molecule has 1 atom stereocenters. The molecule has 0 fully saturated rings. The van der Waals surface area contributed by atoms with E-state index < -0.39 is 17.8 Å². The molecule has 0 unspecified atom stereocenters. The Kier molecular flexibility index (Phi) is 8.17. The van der Waals surface area contributed by atoms with Crippen molar-refractivity contribution in [2.75, 3.05) is 32.8 Å². The van der Waals surface area contributed by atoms with Crippen molar-refractivity contribution in [3.63, 3.8) is 0 Å². The monoisotopic (exact) mass is 419 g/mol. The van der Waals surface area contributed by atoms with Gasteiger partial charge in [-0.3, -0.25) is 5.32 Å². The zero-order valence-corrected chi connectivity index (χ0v) is 17.9. The average Bonchev–Trinajstić information content (AvgIpc) is 2.69. The van der Waals surface area contributed by atoms with Gasteiger partial charge in [0.2, 0.25) is 5.75 Å². The van der Waals surface area contributed by atoms with Gasteiger partial charge >= 0.3 is 6.09 Å². The minimum atomic E-state index is -0.936. The summed E-state index contributed by atoms with van der Waals surface area (Å²) in [5.41, 5.74) is -0.182. The third kappa shape index (κ3) is 7.04. The lowest BCUT2D eigenvalue weighted by atomic mass is 10.2. The summed E-state index contributed by atoms with van der Waals surface area (Å²) in [6.45, 7) is 5.25. The Labute approximate surface area is 176 Å². The van der Waals surface area contributed by atoms with Crippen LogP contribution in [0.5, 0.6) is 23.0 Å². The topological polar surface area (TPSA) is 95.5 Å². The summed E-state index contributed by atoms with van der Waals surface area (Å²) in [7, 11) is 3.05. The molecule has 0 saturated heterocycles. The molecule has 8 nitrogen and oxygen atoms in total. The number of ether oxygens (including phenoxy) is 5. The van der Waals surface area contributed by atoms with Crippen molar-refractivity contribution in [1.82, 2.24) is 0 Å². The molecule has 0 aromatic heterocycles. The number of carbonyl (C=O) groups is 1. The summed E-state index contributed by atoms with van der Waals surface area (Å²) >= 11 is 0. The molecule has 30 heavy (non-hydrogen) atoms. The Morgan fingerprint density at radius 2 is 1.50 bits per heavy atom. The molecule has 164 valence electrons. The third-order valence-electron chi connectivity index (χ3n) is 3.76. The predicted molar refractivity (Wildman–Crippen MR) is 113 cm³/mol. The molecule has 2 rings (SSSR count). The quantitative estimate of drug-likeness (QED) is 0.637. The average molecular weight is 419 g/mol. The summed E-state index contributed by atoms with van der Waals surface area (Å²) in [5, 5.41) is 12.9. The van der Waals surface area contributed by atoms with E-state index in [0.717, 1.165) is 0 Å². The van der Waals surface area contributed by atoms with Gasteiger partial charge in [0.1, 0.15) is 30.7 Å². The summed E-state index contributed by atoms with van der Waals surface area (Å²) < 4.78 is 27.1. The van der Waals surface area contributed by atoms with Gasteiger partial charge in [-0.05, 0) is 45.0 Å². The van der Waals surface area contributed by atoms with Crippen LogP contribution in [0, 0.1) is 0 Å². The number of methoxy groups -OCH3 is 2. The summed E-state index contributed by atoms with van der Waals surface area (Å²) in [5.74, 6) is 1.79. The molecular formula is C22H29NO7. The highest BCUT2D eigenvalue weighted by molar-refractivity contribution is 5.86. The van der Waals surface area contributed by atoms with E-state index >= 15 is 0 Å². The summed E-state index contributed by atoms with van der Waals surface area (Å²) in [6, 6.07) is 12.1. The molecule has 2 aromatic rings. The molecule has 0 radical (unpaired) electrons. The van der Waals surface area contributed by atoms with Crippen molar-refractivity contribution < 1.29 is 33.6 Å². The fourth-order valence-corrected chi connectivity index (χ4v) is 2.48. The maximum Gasteiger partial charge on any atom is 0.412 e. The summed E-state index contributed by atoms with van der Waals surface area (Å²) in [6.07, 6.45) is -1.53. The number of amides is 1. The van der Waals surface area contributed by atoms with Gasteiger partial charge in [0.05, 0.1) is 19.9 Å². The molecule has 0 heterocycles. The van der Waals surface area contributed by atoms with Crippen molar-refractivity contribution in [2.24, 2.45) is 0 Å². The van der Waals surface area contributed by atoms with Crippen LogP contribution in [0.2, 0.25) is 0 Å². The first-order chi connectivity index (χ1) is 14.2. The van der Waals surface area contributed by atoms with Crippen molar-refractivity contribution in [3.05, 3.63) is 42.5 Å². The largest absolute Gasteiger partial charge is 0.493 e. The van der Waals surface area contributed by atoms with Gasteiger partial charge < -0.3 is 28.8 Å². The number of hydrogen-bond donors (Lipinski definition) is 2. The number of aliphatic hydroxyl groups is 1. The van der Waals surface area contributed by atoms with Gasteiger partial charge in [0.15, 0.2) is 11.5 Å². The molecule has 0 saturated carbocycles. The second-order valence-electron chi connectivity index (χ2n) is 7.39. The number of carbonyl (C=O) groups excluding carboxylic acids is 1. The Hall–Kier alpha value is -3.13. The Bertz CT molecular complexity index is 810. The lowest BCUT2D eigenvalue weighted by Crippen LogP contribution is -2.28.